The summed E-state index contributed by atoms with van der Waals surface area (Å²) in [6.45, 7) is 0.367. The Morgan fingerprint density at radius 1 is 0.725 bits per heavy atom. The number of unbranched alkanes of at least 4 members (excludes halogenated alkanes) is 2. The second-order valence-corrected chi connectivity index (χ2v) is 9.85. The molecule has 0 N–H and O–H groups in total. The van der Waals surface area contributed by atoms with Gasteiger partial charge in [0, 0.05) is 24.2 Å². The summed E-state index contributed by atoms with van der Waals surface area (Å²) in [5.74, 6) is -3.22. The Hall–Kier alpha value is -3.62. The molecule has 0 atom stereocenters. The smallest absolute Gasteiger partial charge is 0.422 e. The minimum absolute atomic E-state index is 0.0886. The van der Waals surface area contributed by atoms with E-state index in [1.807, 2.05) is 24.5 Å². The number of hydrogen-bond acceptors (Lipinski definition) is 3. The van der Waals surface area contributed by atoms with Crippen molar-refractivity contribution >= 4 is 10.8 Å². The quantitative estimate of drug-likeness (QED) is 0.129. The maximum Gasteiger partial charge on any atom is 0.422 e. The molecule has 0 radical (unpaired) electrons. The number of hydrogen-bond donors (Lipinski definition) is 0. The number of fused-ring (bicyclic) bond motifs is 1. The highest BCUT2D eigenvalue weighted by molar-refractivity contribution is 5.84. The standard InChI is InChI=1S/C31H30F6N2O/c1-2-3-4-5-22-17-38-28(39-18-22)13-8-20-7-12-25-24(14-20)11-10-23(29(25)34)9-6-21-15-26(32)30(27(33)16-21)40-19-31(35,36)37/h7,10-12,14-18H,2-6,8-9,13,19H2,1H3. The molecule has 0 fully saturated rings. The van der Waals surface area contributed by atoms with Crippen LogP contribution in [0, 0.1) is 17.5 Å². The summed E-state index contributed by atoms with van der Waals surface area (Å²) >= 11 is 0. The Balaban J connectivity index is 1.37. The highest BCUT2D eigenvalue weighted by Crippen LogP contribution is 2.28. The van der Waals surface area contributed by atoms with E-state index in [-0.39, 0.29) is 18.4 Å². The molecule has 0 unspecified atom stereocenters. The first-order valence-electron chi connectivity index (χ1n) is 13.3. The Morgan fingerprint density at radius 3 is 2.10 bits per heavy atom. The van der Waals surface area contributed by atoms with Gasteiger partial charge in [-0.25, -0.2) is 23.1 Å². The van der Waals surface area contributed by atoms with Crippen LogP contribution in [0.4, 0.5) is 26.3 Å². The predicted octanol–water partition coefficient (Wildman–Crippen LogP) is 8.29. The van der Waals surface area contributed by atoms with Crippen LogP contribution in [0.3, 0.4) is 0 Å². The zero-order valence-electron chi connectivity index (χ0n) is 22.1. The van der Waals surface area contributed by atoms with E-state index in [0.29, 0.717) is 23.8 Å². The lowest BCUT2D eigenvalue weighted by Gasteiger charge is -2.12. The summed E-state index contributed by atoms with van der Waals surface area (Å²) in [7, 11) is 0. The van der Waals surface area contributed by atoms with Gasteiger partial charge in [0.1, 0.15) is 11.6 Å². The maximum absolute atomic E-state index is 15.2. The average Bonchev–Trinajstić information content (AvgIpc) is 2.91. The van der Waals surface area contributed by atoms with Gasteiger partial charge < -0.3 is 4.74 Å². The number of alkyl halides is 3. The van der Waals surface area contributed by atoms with Crippen LogP contribution in [-0.4, -0.2) is 22.8 Å². The SMILES string of the molecule is CCCCCc1cnc(CCc2ccc3c(F)c(CCc4cc(F)c(OCC(F)(F)F)c(F)c4)ccc3c2)nc1. The molecule has 0 saturated carbocycles. The molecule has 4 rings (SSSR count). The summed E-state index contributed by atoms with van der Waals surface area (Å²) in [6, 6.07) is 10.7. The number of ether oxygens (including phenoxy) is 1. The van der Waals surface area contributed by atoms with Crippen molar-refractivity contribution in [1.82, 2.24) is 9.97 Å². The van der Waals surface area contributed by atoms with Gasteiger partial charge in [-0.2, -0.15) is 13.2 Å². The van der Waals surface area contributed by atoms with Crippen molar-refractivity contribution in [2.75, 3.05) is 6.61 Å². The zero-order valence-corrected chi connectivity index (χ0v) is 22.1. The van der Waals surface area contributed by atoms with Gasteiger partial charge in [0.2, 0.25) is 0 Å². The molecule has 0 saturated heterocycles. The summed E-state index contributed by atoms with van der Waals surface area (Å²) in [4.78, 5) is 8.94. The van der Waals surface area contributed by atoms with Gasteiger partial charge in [-0.05, 0) is 71.9 Å². The minimum atomic E-state index is -4.72. The number of rotatable bonds is 12. The first-order valence-corrected chi connectivity index (χ1v) is 13.3. The van der Waals surface area contributed by atoms with Gasteiger partial charge in [-0.3, -0.25) is 0 Å². The normalized spacial score (nSPS) is 11.8. The molecule has 212 valence electrons. The molecule has 0 amide bonds. The first kappa shape index (κ1) is 29.4. The number of aromatic nitrogens is 2. The van der Waals surface area contributed by atoms with E-state index in [4.69, 9.17) is 0 Å². The molecule has 40 heavy (non-hydrogen) atoms. The molecule has 4 aromatic rings. The largest absolute Gasteiger partial charge is 0.478 e. The second-order valence-electron chi connectivity index (χ2n) is 9.85. The van der Waals surface area contributed by atoms with E-state index >= 15 is 4.39 Å². The van der Waals surface area contributed by atoms with Crippen LogP contribution in [0.25, 0.3) is 10.8 Å². The van der Waals surface area contributed by atoms with E-state index in [9.17, 15) is 22.0 Å². The first-order chi connectivity index (χ1) is 19.1. The van der Waals surface area contributed by atoms with Crippen LogP contribution in [0.15, 0.2) is 54.9 Å². The Morgan fingerprint density at radius 2 is 1.43 bits per heavy atom. The highest BCUT2D eigenvalue weighted by Gasteiger charge is 2.30. The van der Waals surface area contributed by atoms with Crippen LogP contribution in [0.2, 0.25) is 0 Å². The molecule has 9 heteroatoms. The van der Waals surface area contributed by atoms with Crippen molar-refractivity contribution in [3.8, 4) is 5.75 Å². The van der Waals surface area contributed by atoms with E-state index in [1.165, 1.54) is 12.8 Å². The van der Waals surface area contributed by atoms with Crippen LogP contribution in [-0.2, 0) is 32.1 Å². The fourth-order valence-corrected chi connectivity index (χ4v) is 4.54. The maximum atomic E-state index is 15.2. The van der Waals surface area contributed by atoms with Crippen molar-refractivity contribution < 1.29 is 31.1 Å². The molecule has 3 aromatic carbocycles. The van der Waals surface area contributed by atoms with Crippen molar-refractivity contribution in [1.29, 1.82) is 0 Å². The van der Waals surface area contributed by atoms with Crippen LogP contribution < -0.4 is 4.74 Å². The molecule has 1 heterocycles. The highest BCUT2D eigenvalue weighted by atomic mass is 19.4. The molecule has 0 aliphatic heterocycles. The van der Waals surface area contributed by atoms with Gasteiger partial charge in [0.25, 0.3) is 0 Å². The summed E-state index contributed by atoms with van der Waals surface area (Å²) in [6.07, 6.45) is 5.11. The lowest BCUT2D eigenvalue weighted by molar-refractivity contribution is -0.154. The summed E-state index contributed by atoms with van der Waals surface area (Å²) < 4.78 is 84.8. The molecule has 1 aromatic heterocycles. The monoisotopic (exact) mass is 560 g/mol. The topological polar surface area (TPSA) is 35.0 Å². The van der Waals surface area contributed by atoms with Gasteiger partial charge >= 0.3 is 6.18 Å². The van der Waals surface area contributed by atoms with E-state index in [2.05, 4.69) is 21.6 Å². The number of halogens is 6. The molecular weight excluding hydrogens is 530 g/mol. The third-order valence-electron chi connectivity index (χ3n) is 6.68. The Labute approximate surface area is 229 Å². The van der Waals surface area contributed by atoms with Crippen molar-refractivity contribution in [2.45, 2.75) is 64.5 Å². The van der Waals surface area contributed by atoms with E-state index < -0.39 is 36.0 Å². The predicted molar refractivity (Wildman–Crippen MR) is 142 cm³/mol. The average molecular weight is 561 g/mol. The number of nitrogens with zero attached hydrogens (tertiary/aromatic N) is 2. The van der Waals surface area contributed by atoms with Crippen LogP contribution >= 0.6 is 0 Å². The number of benzene rings is 3. The molecule has 0 aliphatic carbocycles. The molecule has 0 spiro atoms. The van der Waals surface area contributed by atoms with Gasteiger partial charge in [0.15, 0.2) is 24.0 Å². The zero-order chi connectivity index (χ0) is 28.7. The summed E-state index contributed by atoms with van der Waals surface area (Å²) in [5, 5.41) is 1.16. The van der Waals surface area contributed by atoms with Gasteiger partial charge in [-0.1, -0.05) is 50.1 Å². The molecule has 0 aliphatic rings. The second kappa shape index (κ2) is 13.2. The van der Waals surface area contributed by atoms with Crippen molar-refractivity contribution in [2.24, 2.45) is 0 Å². The Bertz CT molecular complexity index is 1410. The van der Waals surface area contributed by atoms with Gasteiger partial charge in [0.05, 0.1) is 0 Å². The fraction of sp³-hybridized carbons (Fsp3) is 0.355. The van der Waals surface area contributed by atoms with E-state index in [1.54, 1.807) is 18.2 Å². The fourth-order valence-electron chi connectivity index (χ4n) is 4.54. The van der Waals surface area contributed by atoms with Crippen LogP contribution in [0.1, 0.15) is 54.3 Å². The molecule has 0 bridgehead atoms. The lowest BCUT2D eigenvalue weighted by atomic mass is 9.98. The number of aryl methyl sites for hydroxylation is 5. The lowest BCUT2D eigenvalue weighted by Crippen LogP contribution is -2.20. The van der Waals surface area contributed by atoms with Crippen molar-refractivity contribution in [3.63, 3.8) is 0 Å². The Kier molecular flexibility index (Phi) is 9.66. The molecular formula is C31H30F6N2O. The third kappa shape index (κ3) is 7.96. The van der Waals surface area contributed by atoms with Gasteiger partial charge in [-0.15, -0.1) is 0 Å². The van der Waals surface area contributed by atoms with Crippen molar-refractivity contribution in [3.05, 3.63) is 100 Å². The molecule has 3 nitrogen and oxygen atoms in total. The van der Waals surface area contributed by atoms with E-state index in [0.717, 1.165) is 47.3 Å². The minimum Gasteiger partial charge on any atom is -0.478 e. The summed E-state index contributed by atoms with van der Waals surface area (Å²) in [5.41, 5.74) is 2.71. The van der Waals surface area contributed by atoms with Crippen LogP contribution in [0.5, 0.6) is 5.75 Å². The third-order valence-corrected chi connectivity index (χ3v) is 6.68.